The maximum absolute atomic E-state index is 5.79. The van der Waals surface area contributed by atoms with Crippen molar-refractivity contribution in [2.75, 3.05) is 6.79 Å². The maximum atomic E-state index is 5.79. The first kappa shape index (κ1) is 23.2. The molecule has 29 heavy (non-hydrogen) atoms. The van der Waals surface area contributed by atoms with E-state index in [1.54, 1.807) is 0 Å². The largest absolute Gasteiger partial charge is 0.465 e. The summed E-state index contributed by atoms with van der Waals surface area (Å²) in [6.45, 7) is 12.6. The Balaban J connectivity index is 1.70. The van der Waals surface area contributed by atoms with Crippen LogP contribution < -0.4 is 9.47 Å². The molecule has 4 heteroatoms. The summed E-state index contributed by atoms with van der Waals surface area (Å²) in [6, 6.07) is 16.4. The van der Waals surface area contributed by atoms with Gasteiger partial charge in [0.05, 0.1) is 0 Å². The van der Waals surface area contributed by atoms with Crippen LogP contribution in [0.5, 0.6) is 11.5 Å². The maximum Gasteiger partial charge on any atom is 0.199 e. The van der Waals surface area contributed by atoms with Crippen LogP contribution in [0.2, 0.25) is 0 Å². The van der Waals surface area contributed by atoms with Crippen molar-refractivity contribution in [2.45, 2.75) is 78.8 Å². The monoisotopic (exact) mass is 400 g/mol. The highest BCUT2D eigenvalue weighted by molar-refractivity contribution is 5.30. The Morgan fingerprint density at radius 1 is 0.586 bits per heavy atom. The van der Waals surface area contributed by atoms with E-state index in [1.165, 1.54) is 11.1 Å². The van der Waals surface area contributed by atoms with Crippen LogP contribution in [-0.2, 0) is 9.47 Å². The van der Waals surface area contributed by atoms with Gasteiger partial charge in [-0.3, -0.25) is 0 Å². The molecule has 4 nitrogen and oxygen atoms in total. The quantitative estimate of drug-likeness (QED) is 0.365. The molecule has 4 unspecified atom stereocenters. The normalized spacial score (nSPS) is 15.4. The van der Waals surface area contributed by atoms with E-state index in [1.807, 2.05) is 38.1 Å². The Morgan fingerprint density at radius 3 is 1.24 bits per heavy atom. The van der Waals surface area contributed by atoms with Crippen molar-refractivity contribution < 1.29 is 18.9 Å². The Kier molecular flexibility index (Phi) is 9.49. The summed E-state index contributed by atoms with van der Waals surface area (Å²) in [5, 5.41) is 0. The zero-order valence-corrected chi connectivity index (χ0v) is 18.7. The second-order valence-corrected chi connectivity index (χ2v) is 7.58. The second-order valence-electron chi connectivity index (χ2n) is 7.58. The number of benzene rings is 2. The number of hydrogen-bond acceptors (Lipinski definition) is 4. The third kappa shape index (κ3) is 7.71. The molecule has 160 valence electrons. The molecule has 0 fully saturated rings. The molecular formula is C25H36O4. The van der Waals surface area contributed by atoms with Crippen LogP contribution in [0.4, 0.5) is 0 Å². The highest BCUT2D eigenvalue weighted by Crippen LogP contribution is 2.23. The van der Waals surface area contributed by atoms with E-state index in [2.05, 4.69) is 52.0 Å². The molecule has 0 bridgehead atoms. The second kappa shape index (κ2) is 11.8. The zero-order valence-electron chi connectivity index (χ0n) is 18.7. The first-order chi connectivity index (χ1) is 13.9. The van der Waals surface area contributed by atoms with Gasteiger partial charge in [0.15, 0.2) is 19.4 Å². The molecule has 0 saturated heterocycles. The summed E-state index contributed by atoms with van der Waals surface area (Å²) in [6.07, 6.45) is 1.43. The van der Waals surface area contributed by atoms with Crippen LogP contribution >= 0.6 is 0 Å². The lowest BCUT2D eigenvalue weighted by atomic mass is 9.99. The van der Waals surface area contributed by atoms with E-state index in [0.717, 1.165) is 24.3 Å². The van der Waals surface area contributed by atoms with Crippen LogP contribution in [0, 0.1) is 0 Å². The van der Waals surface area contributed by atoms with Gasteiger partial charge < -0.3 is 18.9 Å². The Bertz CT molecular complexity index is 634. The summed E-state index contributed by atoms with van der Waals surface area (Å²) in [7, 11) is 0. The summed E-state index contributed by atoms with van der Waals surface area (Å²) in [4.78, 5) is 0. The molecule has 0 saturated carbocycles. The van der Waals surface area contributed by atoms with Gasteiger partial charge in [0.2, 0.25) is 0 Å². The summed E-state index contributed by atoms with van der Waals surface area (Å²) >= 11 is 0. The van der Waals surface area contributed by atoms with Crippen LogP contribution in [0.25, 0.3) is 0 Å². The zero-order chi connectivity index (χ0) is 21.2. The predicted molar refractivity (Wildman–Crippen MR) is 118 cm³/mol. The molecule has 2 rings (SSSR count). The minimum Gasteiger partial charge on any atom is -0.465 e. The average molecular weight is 401 g/mol. The molecule has 0 aliphatic rings. The van der Waals surface area contributed by atoms with Crippen molar-refractivity contribution in [1.82, 2.24) is 0 Å². The van der Waals surface area contributed by atoms with Crippen molar-refractivity contribution in [3.8, 4) is 11.5 Å². The van der Waals surface area contributed by atoms with Gasteiger partial charge in [0.1, 0.15) is 11.5 Å². The minimum atomic E-state index is -0.411. The molecule has 4 atom stereocenters. The topological polar surface area (TPSA) is 36.9 Å². The van der Waals surface area contributed by atoms with Gasteiger partial charge in [-0.05, 0) is 73.9 Å². The molecule has 0 aliphatic carbocycles. The van der Waals surface area contributed by atoms with Gasteiger partial charge in [-0.25, -0.2) is 0 Å². The van der Waals surface area contributed by atoms with E-state index in [0.29, 0.717) is 11.8 Å². The van der Waals surface area contributed by atoms with E-state index >= 15 is 0 Å². The smallest absolute Gasteiger partial charge is 0.199 e. The summed E-state index contributed by atoms with van der Waals surface area (Å²) in [5.41, 5.74) is 2.64. The predicted octanol–water partition coefficient (Wildman–Crippen LogP) is 6.85. The number of hydrogen-bond donors (Lipinski definition) is 0. The van der Waals surface area contributed by atoms with Crippen molar-refractivity contribution in [1.29, 1.82) is 0 Å². The summed E-state index contributed by atoms with van der Waals surface area (Å²) in [5.74, 6) is 2.68. The van der Waals surface area contributed by atoms with Crippen LogP contribution in [0.3, 0.4) is 0 Å². The number of rotatable bonds is 12. The third-order valence-corrected chi connectivity index (χ3v) is 5.33. The first-order valence-corrected chi connectivity index (χ1v) is 10.7. The van der Waals surface area contributed by atoms with Gasteiger partial charge >= 0.3 is 0 Å². The van der Waals surface area contributed by atoms with Gasteiger partial charge in [0, 0.05) is 0 Å². The van der Waals surface area contributed by atoms with E-state index in [9.17, 15) is 0 Å². The van der Waals surface area contributed by atoms with Gasteiger partial charge in [0.25, 0.3) is 0 Å². The SMILES string of the molecule is CCC(C)c1ccc(OC(C)OCOC(C)Oc2ccc(C(C)CC)cc2)cc1. The molecule has 0 amide bonds. The molecule has 0 aliphatic heterocycles. The van der Waals surface area contributed by atoms with E-state index in [4.69, 9.17) is 18.9 Å². The fourth-order valence-electron chi connectivity index (χ4n) is 2.90. The number of ether oxygens (including phenoxy) is 4. The highest BCUT2D eigenvalue weighted by Gasteiger charge is 2.09. The average Bonchev–Trinajstić information content (AvgIpc) is 2.73. The lowest BCUT2D eigenvalue weighted by Crippen LogP contribution is -2.23. The molecule has 0 radical (unpaired) electrons. The van der Waals surface area contributed by atoms with Crippen molar-refractivity contribution in [3.05, 3.63) is 59.7 Å². The lowest BCUT2D eigenvalue weighted by molar-refractivity contribution is -0.196. The highest BCUT2D eigenvalue weighted by atomic mass is 16.8. The van der Waals surface area contributed by atoms with Gasteiger partial charge in [-0.15, -0.1) is 0 Å². The summed E-state index contributed by atoms with van der Waals surface area (Å²) < 4.78 is 22.8. The van der Waals surface area contributed by atoms with E-state index in [-0.39, 0.29) is 6.79 Å². The van der Waals surface area contributed by atoms with Crippen LogP contribution in [0.1, 0.15) is 77.3 Å². The van der Waals surface area contributed by atoms with Gasteiger partial charge in [-0.1, -0.05) is 52.0 Å². The fraction of sp³-hybridized carbons (Fsp3) is 0.520. The molecular weight excluding hydrogens is 364 g/mol. The van der Waals surface area contributed by atoms with Crippen molar-refractivity contribution in [3.63, 3.8) is 0 Å². The third-order valence-electron chi connectivity index (χ3n) is 5.33. The Labute approximate surface area is 176 Å². The molecule has 0 N–H and O–H groups in total. The molecule has 2 aromatic rings. The van der Waals surface area contributed by atoms with Gasteiger partial charge in [-0.2, -0.15) is 0 Å². The van der Waals surface area contributed by atoms with Crippen molar-refractivity contribution >= 4 is 0 Å². The molecule has 0 aromatic heterocycles. The fourth-order valence-corrected chi connectivity index (χ4v) is 2.90. The van der Waals surface area contributed by atoms with Crippen molar-refractivity contribution in [2.24, 2.45) is 0 Å². The molecule has 2 aromatic carbocycles. The first-order valence-electron chi connectivity index (χ1n) is 10.7. The Morgan fingerprint density at radius 2 is 0.931 bits per heavy atom. The van der Waals surface area contributed by atoms with E-state index < -0.39 is 12.6 Å². The minimum absolute atomic E-state index is 0.0955. The molecule has 0 heterocycles. The lowest BCUT2D eigenvalue weighted by Gasteiger charge is -2.19. The standard InChI is InChI=1S/C25H36O4/c1-7-18(3)22-9-13-24(14-10-22)28-20(5)26-17-27-21(6)29-25-15-11-23(12-16-25)19(4)8-2/h9-16,18-21H,7-8,17H2,1-6H3. The van der Waals surface area contributed by atoms with Crippen LogP contribution in [0.15, 0.2) is 48.5 Å². The molecule has 0 spiro atoms. The Hall–Kier alpha value is -2.04. The van der Waals surface area contributed by atoms with Crippen LogP contribution in [-0.4, -0.2) is 19.4 Å².